The number of hydrogen-bond acceptors (Lipinski definition) is 5. The number of carboxylic acids is 1. The van der Waals surface area contributed by atoms with Gasteiger partial charge in [0.05, 0.1) is 13.2 Å². The summed E-state index contributed by atoms with van der Waals surface area (Å²) in [5, 5.41) is 19.1. The number of carboxylic acid groups (broad SMARTS) is 1. The zero-order valence-electron chi connectivity index (χ0n) is 15.4. The number of benzene rings is 1. The van der Waals surface area contributed by atoms with E-state index in [9.17, 15) is 14.7 Å². The maximum Gasteiger partial charge on any atom is 0.335 e. The quantitative estimate of drug-likeness (QED) is 0.734. The smallest absolute Gasteiger partial charge is 0.335 e. The molecule has 1 aliphatic heterocycles. The van der Waals surface area contributed by atoms with Gasteiger partial charge in [-0.3, -0.25) is 4.79 Å². The van der Waals surface area contributed by atoms with Gasteiger partial charge in [-0.05, 0) is 31.0 Å². The summed E-state index contributed by atoms with van der Waals surface area (Å²) in [5.41, 5.74) is -1.29. The summed E-state index contributed by atoms with van der Waals surface area (Å²) < 4.78 is 11.4. The average Bonchev–Trinajstić information content (AvgIpc) is 2.65. The van der Waals surface area contributed by atoms with Gasteiger partial charge in [-0.1, -0.05) is 13.8 Å². The number of hydrogen-bond donors (Lipinski definition) is 2. The molecule has 1 amide bonds. The van der Waals surface area contributed by atoms with Crippen LogP contribution in [0.15, 0.2) is 18.2 Å². The highest BCUT2D eigenvalue weighted by atomic mass is 16.5. The van der Waals surface area contributed by atoms with Crippen molar-refractivity contribution in [2.24, 2.45) is 0 Å². The lowest BCUT2D eigenvalue weighted by Gasteiger charge is -2.35. The molecule has 0 saturated carbocycles. The molecule has 2 N–H and O–H groups in total. The van der Waals surface area contributed by atoms with E-state index in [0.717, 1.165) is 12.8 Å². The van der Waals surface area contributed by atoms with Crippen molar-refractivity contribution >= 4 is 11.9 Å². The monoisotopic (exact) mass is 365 g/mol. The number of rotatable bonds is 8. The molecule has 7 heteroatoms. The molecule has 0 radical (unpaired) electrons. The van der Waals surface area contributed by atoms with Crippen LogP contribution in [-0.2, 0) is 4.79 Å². The Hall–Kier alpha value is -2.28. The Balaban J connectivity index is 2.12. The number of aliphatic carboxylic acids is 1. The van der Waals surface area contributed by atoms with Crippen molar-refractivity contribution in [3.8, 4) is 11.5 Å². The van der Waals surface area contributed by atoms with Crippen LogP contribution in [0.5, 0.6) is 11.5 Å². The minimum absolute atomic E-state index is 0.0188. The van der Waals surface area contributed by atoms with E-state index < -0.39 is 11.6 Å². The topological polar surface area (TPSA) is 96.3 Å². The minimum atomic E-state index is -1.75. The van der Waals surface area contributed by atoms with Crippen LogP contribution in [-0.4, -0.2) is 58.9 Å². The van der Waals surface area contributed by atoms with Gasteiger partial charge in [0.2, 0.25) is 0 Å². The van der Waals surface area contributed by atoms with Crippen LogP contribution >= 0.6 is 0 Å². The lowest BCUT2D eigenvalue weighted by molar-refractivity contribution is -0.162. The van der Waals surface area contributed by atoms with Gasteiger partial charge in [-0.2, -0.15) is 0 Å². The third kappa shape index (κ3) is 4.66. The van der Waals surface area contributed by atoms with Gasteiger partial charge < -0.3 is 24.6 Å². The fraction of sp³-hybridized carbons (Fsp3) is 0.579. The molecule has 1 aromatic rings. The van der Waals surface area contributed by atoms with E-state index in [0.29, 0.717) is 30.3 Å². The molecule has 1 aromatic carbocycles. The summed E-state index contributed by atoms with van der Waals surface area (Å²) in [5.74, 6) is -0.306. The van der Waals surface area contributed by atoms with Gasteiger partial charge in [0, 0.05) is 31.5 Å². The van der Waals surface area contributed by atoms with Gasteiger partial charge in [0.15, 0.2) is 17.1 Å². The van der Waals surface area contributed by atoms with Crippen molar-refractivity contribution in [2.75, 3.05) is 26.3 Å². The van der Waals surface area contributed by atoms with Gasteiger partial charge >= 0.3 is 5.97 Å². The molecule has 0 unspecified atom stereocenters. The third-order valence-electron chi connectivity index (χ3n) is 4.39. The fourth-order valence-corrected chi connectivity index (χ4v) is 2.77. The number of nitrogens with zero attached hydrogens (tertiary/aromatic N) is 1. The first-order chi connectivity index (χ1) is 12.4. The summed E-state index contributed by atoms with van der Waals surface area (Å²) in [4.78, 5) is 25.4. The van der Waals surface area contributed by atoms with Gasteiger partial charge in [0.25, 0.3) is 5.91 Å². The number of aliphatic hydroxyl groups is 1. The Labute approximate surface area is 153 Å². The van der Waals surface area contributed by atoms with Crippen molar-refractivity contribution < 1.29 is 29.3 Å². The predicted octanol–water partition coefficient (Wildman–Crippen LogP) is 2.32. The molecule has 1 saturated heterocycles. The molecule has 26 heavy (non-hydrogen) atoms. The van der Waals surface area contributed by atoms with Crippen LogP contribution in [0.4, 0.5) is 0 Å². The van der Waals surface area contributed by atoms with E-state index in [2.05, 4.69) is 0 Å². The molecule has 1 heterocycles. The maximum atomic E-state index is 12.7. The number of carbonyl (C=O) groups excluding carboxylic acids is 1. The van der Waals surface area contributed by atoms with Crippen LogP contribution in [0, 0.1) is 0 Å². The Morgan fingerprint density at radius 1 is 1.08 bits per heavy atom. The molecule has 7 nitrogen and oxygen atoms in total. The number of piperidine rings is 1. The Kier molecular flexibility index (Phi) is 6.85. The summed E-state index contributed by atoms with van der Waals surface area (Å²) in [6.07, 6.45) is 1.75. The van der Waals surface area contributed by atoms with Crippen LogP contribution in [0.25, 0.3) is 0 Å². The SMILES string of the molecule is CCCOc1ccc(C(=O)N2CCC(O)(C(=O)O)CC2)cc1OCCC. The van der Waals surface area contributed by atoms with Crippen molar-refractivity contribution in [2.45, 2.75) is 45.1 Å². The lowest BCUT2D eigenvalue weighted by Crippen LogP contribution is -2.50. The van der Waals surface area contributed by atoms with Crippen molar-refractivity contribution in [3.05, 3.63) is 23.8 Å². The highest BCUT2D eigenvalue weighted by molar-refractivity contribution is 5.95. The molecular formula is C19H27NO6. The van der Waals surface area contributed by atoms with E-state index in [-0.39, 0.29) is 31.8 Å². The molecule has 1 fully saturated rings. The zero-order valence-corrected chi connectivity index (χ0v) is 15.4. The normalized spacial score (nSPS) is 16.2. The molecular weight excluding hydrogens is 338 g/mol. The molecule has 0 aliphatic carbocycles. The second-order valence-electron chi connectivity index (χ2n) is 6.49. The van der Waals surface area contributed by atoms with Crippen LogP contribution in [0.3, 0.4) is 0 Å². The fourth-order valence-electron chi connectivity index (χ4n) is 2.77. The molecule has 0 atom stereocenters. The standard InChI is InChI=1S/C19H27NO6/c1-3-11-25-15-6-5-14(13-16(15)26-12-4-2)17(21)20-9-7-19(24,8-10-20)18(22)23/h5-6,13,24H,3-4,7-12H2,1-2H3,(H,22,23). The van der Waals surface area contributed by atoms with E-state index in [1.165, 1.54) is 0 Å². The Morgan fingerprint density at radius 3 is 2.19 bits per heavy atom. The second-order valence-corrected chi connectivity index (χ2v) is 6.49. The van der Waals surface area contributed by atoms with Crippen molar-refractivity contribution in [1.29, 1.82) is 0 Å². The van der Waals surface area contributed by atoms with Gasteiger partial charge in [-0.25, -0.2) is 4.79 Å². The maximum absolute atomic E-state index is 12.7. The highest BCUT2D eigenvalue weighted by Crippen LogP contribution is 2.30. The number of carbonyl (C=O) groups is 2. The van der Waals surface area contributed by atoms with E-state index >= 15 is 0 Å². The summed E-state index contributed by atoms with van der Waals surface area (Å²) >= 11 is 0. The first kappa shape index (κ1) is 20.0. The predicted molar refractivity (Wildman–Crippen MR) is 95.7 cm³/mol. The average molecular weight is 365 g/mol. The molecule has 2 rings (SSSR count). The van der Waals surface area contributed by atoms with Crippen molar-refractivity contribution in [1.82, 2.24) is 4.90 Å². The van der Waals surface area contributed by atoms with E-state index in [4.69, 9.17) is 14.6 Å². The summed E-state index contributed by atoms with van der Waals surface area (Å²) in [6.45, 7) is 5.49. The molecule has 1 aliphatic rings. The molecule has 0 bridgehead atoms. The van der Waals surface area contributed by atoms with Crippen LogP contribution < -0.4 is 9.47 Å². The van der Waals surface area contributed by atoms with Gasteiger partial charge in [-0.15, -0.1) is 0 Å². The first-order valence-electron chi connectivity index (χ1n) is 9.06. The van der Waals surface area contributed by atoms with Crippen LogP contribution in [0.1, 0.15) is 49.9 Å². The number of amides is 1. The van der Waals surface area contributed by atoms with Crippen molar-refractivity contribution in [3.63, 3.8) is 0 Å². The van der Waals surface area contributed by atoms with E-state index in [1.807, 2.05) is 13.8 Å². The second kappa shape index (κ2) is 8.89. The first-order valence-corrected chi connectivity index (χ1v) is 9.06. The van der Waals surface area contributed by atoms with E-state index in [1.54, 1.807) is 23.1 Å². The molecule has 0 aromatic heterocycles. The largest absolute Gasteiger partial charge is 0.490 e. The number of ether oxygens (including phenoxy) is 2. The molecule has 144 valence electrons. The van der Waals surface area contributed by atoms with Gasteiger partial charge in [0.1, 0.15) is 0 Å². The summed E-state index contributed by atoms with van der Waals surface area (Å²) in [7, 11) is 0. The number of likely N-dealkylation sites (tertiary alicyclic amines) is 1. The van der Waals surface area contributed by atoms with Crippen LogP contribution in [0.2, 0.25) is 0 Å². The summed E-state index contributed by atoms with van der Waals surface area (Å²) in [6, 6.07) is 5.08. The Bertz CT molecular complexity index is 637. The molecule has 0 spiro atoms. The lowest BCUT2D eigenvalue weighted by atomic mass is 9.91. The third-order valence-corrected chi connectivity index (χ3v) is 4.39. The minimum Gasteiger partial charge on any atom is -0.490 e. The Morgan fingerprint density at radius 2 is 1.65 bits per heavy atom. The highest BCUT2D eigenvalue weighted by Gasteiger charge is 2.40. The zero-order chi connectivity index (χ0) is 19.2.